The maximum Gasteiger partial charge on any atom is 0.0692 e. The Morgan fingerprint density at radius 3 is 2.73 bits per heavy atom. The molecular weight excluding hydrogens is 186 g/mol. The summed E-state index contributed by atoms with van der Waals surface area (Å²) in [7, 11) is 0. The molecular formula is C13H25NO. The number of hydrogen-bond donors (Lipinski definition) is 1. The number of rotatable bonds is 5. The second kappa shape index (κ2) is 5.66. The van der Waals surface area contributed by atoms with Gasteiger partial charge in [-0.2, -0.15) is 0 Å². The van der Waals surface area contributed by atoms with Crippen molar-refractivity contribution in [1.82, 2.24) is 5.32 Å². The van der Waals surface area contributed by atoms with E-state index in [-0.39, 0.29) is 5.60 Å². The number of nitrogens with one attached hydrogen (secondary N) is 1. The van der Waals surface area contributed by atoms with E-state index in [1.807, 2.05) is 6.08 Å². The summed E-state index contributed by atoms with van der Waals surface area (Å²) in [5.74, 6) is 0. The van der Waals surface area contributed by atoms with Gasteiger partial charge in [0.25, 0.3) is 0 Å². The first-order valence-electron chi connectivity index (χ1n) is 6.18. The molecule has 0 aromatic rings. The van der Waals surface area contributed by atoms with Crippen LogP contribution in [0.1, 0.15) is 46.5 Å². The van der Waals surface area contributed by atoms with E-state index in [0.29, 0.717) is 12.1 Å². The summed E-state index contributed by atoms with van der Waals surface area (Å²) in [6.07, 6.45) is 6.46. The quantitative estimate of drug-likeness (QED) is 0.706. The molecule has 0 saturated carbocycles. The third kappa shape index (κ3) is 3.32. The van der Waals surface area contributed by atoms with E-state index in [1.165, 1.54) is 0 Å². The van der Waals surface area contributed by atoms with Gasteiger partial charge >= 0.3 is 0 Å². The Morgan fingerprint density at radius 2 is 2.20 bits per heavy atom. The molecule has 1 aliphatic heterocycles. The minimum absolute atomic E-state index is 0.122. The minimum atomic E-state index is 0.122. The van der Waals surface area contributed by atoms with Crippen molar-refractivity contribution >= 4 is 0 Å². The van der Waals surface area contributed by atoms with Crippen molar-refractivity contribution in [3.63, 3.8) is 0 Å². The molecule has 1 heterocycles. The second-order valence-electron chi connectivity index (χ2n) is 4.62. The fraction of sp³-hybridized carbons (Fsp3) is 0.846. The molecule has 0 aromatic heterocycles. The number of ether oxygens (including phenoxy) is 1. The van der Waals surface area contributed by atoms with E-state index in [1.54, 1.807) is 0 Å². The van der Waals surface area contributed by atoms with Crippen molar-refractivity contribution in [1.29, 1.82) is 0 Å². The summed E-state index contributed by atoms with van der Waals surface area (Å²) >= 11 is 0. The molecule has 15 heavy (non-hydrogen) atoms. The Morgan fingerprint density at radius 1 is 1.53 bits per heavy atom. The zero-order valence-corrected chi connectivity index (χ0v) is 10.4. The summed E-state index contributed by atoms with van der Waals surface area (Å²) in [6.45, 7) is 11.3. The van der Waals surface area contributed by atoms with Crippen LogP contribution >= 0.6 is 0 Å². The highest BCUT2D eigenvalue weighted by Gasteiger charge is 2.34. The van der Waals surface area contributed by atoms with E-state index in [2.05, 4.69) is 32.7 Å². The van der Waals surface area contributed by atoms with Crippen molar-refractivity contribution in [3.05, 3.63) is 12.7 Å². The van der Waals surface area contributed by atoms with Gasteiger partial charge in [0, 0.05) is 18.7 Å². The Labute approximate surface area is 94.1 Å². The summed E-state index contributed by atoms with van der Waals surface area (Å²) in [6, 6.07) is 0.992. The van der Waals surface area contributed by atoms with Crippen LogP contribution in [0.3, 0.4) is 0 Å². The van der Waals surface area contributed by atoms with Gasteiger partial charge < -0.3 is 10.1 Å². The van der Waals surface area contributed by atoms with Crippen LogP contribution in [-0.4, -0.2) is 24.3 Å². The van der Waals surface area contributed by atoms with E-state index < -0.39 is 0 Å². The highest BCUT2D eigenvalue weighted by molar-refractivity contribution is 4.91. The van der Waals surface area contributed by atoms with Crippen molar-refractivity contribution in [3.8, 4) is 0 Å². The van der Waals surface area contributed by atoms with Gasteiger partial charge in [-0.1, -0.05) is 19.9 Å². The zero-order chi connectivity index (χ0) is 11.3. The summed E-state index contributed by atoms with van der Waals surface area (Å²) in [5, 5.41) is 3.59. The molecule has 88 valence electrons. The molecule has 2 unspecified atom stereocenters. The summed E-state index contributed by atoms with van der Waals surface area (Å²) < 4.78 is 5.94. The maximum absolute atomic E-state index is 5.94. The molecule has 0 amide bonds. The topological polar surface area (TPSA) is 21.3 Å². The van der Waals surface area contributed by atoms with Crippen LogP contribution in [0.15, 0.2) is 12.7 Å². The van der Waals surface area contributed by atoms with E-state index in [4.69, 9.17) is 4.74 Å². The molecule has 0 bridgehead atoms. The fourth-order valence-electron chi connectivity index (χ4n) is 2.35. The van der Waals surface area contributed by atoms with Crippen LogP contribution in [0.25, 0.3) is 0 Å². The largest absolute Gasteiger partial charge is 0.375 e. The average molecular weight is 211 g/mol. The third-order valence-corrected chi connectivity index (χ3v) is 3.63. The molecule has 0 radical (unpaired) electrons. The predicted molar refractivity (Wildman–Crippen MR) is 65.1 cm³/mol. The van der Waals surface area contributed by atoms with Crippen LogP contribution in [0, 0.1) is 0 Å². The second-order valence-corrected chi connectivity index (χ2v) is 4.62. The Balaban J connectivity index is 2.51. The lowest BCUT2D eigenvalue weighted by Gasteiger charge is -2.41. The van der Waals surface area contributed by atoms with Gasteiger partial charge in [-0.25, -0.2) is 0 Å². The van der Waals surface area contributed by atoms with Crippen molar-refractivity contribution < 1.29 is 4.74 Å². The average Bonchev–Trinajstić information content (AvgIpc) is 2.29. The van der Waals surface area contributed by atoms with Gasteiger partial charge in [-0.15, -0.1) is 6.58 Å². The van der Waals surface area contributed by atoms with E-state index in [0.717, 1.165) is 32.3 Å². The Bertz CT molecular complexity index is 199. The van der Waals surface area contributed by atoms with E-state index >= 15 is 0 Å². The molecule has 0 aromatic carbocycles. The lowest BCUT2D eigenvalue weighted by molar-refractivity contribution is -0.0934. The first-order chi connectivity index (χ1) is 7.15. The number of hydrogen-bond acceptors (Lipinski definition) is 2. The lowest BCUT2D eigenvalue weighted by atomic mass is 9.85. The monoisotopic (exact) mass is 211 g/mol. The zero-order valence-electron chi connectivity index (χ0n) is 10.4. The van der Waals surface area contributed by atoms with Crippen LogP contribution in [-0.2, 0) is 4.74 Å². The van der Waals surface area contributed by atoms with Gasteiger partial charge in [0.1, 0.15) is 0 Å². The molecule has 2 atom stereocenters. The van der Waals surface area contributed by atoms with Gasteiger partial charge in [0.05, 0.1) is 5.60 Å². The lowest BCUT2D eigenvalue weighted by Crippen LogP contribution is -2.48. The maximum atomic E-state index is 5.94. The fourth-order valence-corrected chi connectivity index (χ4v) is 2.35. The summed E-state index contributed by atoms with van der Waals surface area (Å²) in [4.78, 5) is 0. The van der Waals surface area contributed by atoms with Crippen molar-refractivity contribution in [2.24, 2.45) is 0 Å². The molecule has 0 aliphatic carbocycles. The SMILES string of the molecule is C=CC(C)NC1CCOC(CC)(CC)C1. The van der Waals surface area contributed by atoms with E-state index in [9.17, 15) is 0 Å². The normalized spacial score (nSPS) is 27.3. The molecule has 2 nitrogen and oxygen atoms in total. The Kier molecular flexibility index (Phi) is 4.81. The van der Waals surface area contributed by atoms with Crippen molar-refractivity contribution in [2.45, 2.75) is 64.1 Å². The standard InChI is InChI=1S/C13H25NO/c1-5-11(4)14-12-8-9-15-13(6-2,7-3)10-12/h5,11-12,14H,1,6-10H2,2-4H3. The molecule has 2 heteroatoms. The first-order valence-corrected chi connectivity index (χ1v) is 6.18. The highest BCUT2D eigenvalue weighted by Crippen LogP contribution is 2.31. The molecule has 1 saturated heterocycles. The van der Waals surface area contributed by atoms with Crippen molar-refractivity contribution in [2.75, 3.05) is 6.61 Å². The van der Waals surface area contributed by atoms with Crippen LogP contribution in [0.5, 0.6) is 0 Å². The molecule has 1 aliphatic rings. The van der Waals surface area contributed by atoms with Gasteiger partial charge in [0.15, 0.2) is 0 Å². The van der Waals surface area contributed by atoms with Gasteiger partial charge in [-0.3, -0.25) is 0 Å². The highest BCUT2D eigenvalue weighted by atomic mass is 16.5. The smallest absolute Gasteiger partial charge is 0.0692 e. The molecule has 1 N–H and O–H groups in total. The predicted octanol–water partition coefficient (Wildman–Crippen LogP) is 2.89. The molecule has 0 spiro atoms. The molecule has 1 rings (SSSR count). The van der Waals surface area contributed by atoms with Crippen LogP contribution in [0.2, 0.25) is 0 Å². The van der Waals surface area contributed by atoms with Crippen LogP contribution in [0.4, 0.5) is 0 Å². The first kappa shape index (κ1) is 12.7. The Hall–Kier alpha value is -0.340. The summed E-state index contributed by atoms with van der Waals surface area (Å²) in [5.41, 5.74) is 0.122. The van der Waals surface area contributed by atoms with Gasteiger partial charge in [0.2, 0.25) is 0 Å². The van der Waals surface area contributed by atoms with Gasteiger partial charge in [-0.05, 0) is 32.6 Å². The minimum Gasteiger partial charge on any atom is -0.375 e. The third-order valence-electron chi connectivity index (χ3n) is 3.63. The molecule has 1 fully saturated rings. The van der Waals surface area contributed by atoms with Crippen LogP contribution < -0.4 is 5.32 Å².